The maximum atomic E-state index is 13.5. The summed E-state index contributed by atoms with van der Waals surface area (Å²) in [6.45, 7) is 1.62. The average Bonchev–Trinajstić information content (AvgIpc) is 2.43. The van der Waals surface area contributed by atoms with Crippen molar-refractivity contribution < 1.29 is 14.0 Å². The van der Waals surface area contributed by atoms with Gasteiger partial charge in [-0.25, -0.2) is 4.39 Å². The SMILES string of the molecule is Cc1ccc(C(=O)Nc2ccccc2CC(N)=O)cc1F. The van der Waals surface area contributed by atoms with Gasteiger partial charge in [-0.15, -0.1) is 0 Å². The third-order valence-electron chi connectivity index (χ3n) is 3.06. The standard InChI is InChI=1S/C16H15FN2O2/c1-10-6-7-12(8-13(10)17)16(21)19-14-5-3-2-4-11(14)9-15(18)20/h2-8H,9H2,1H3,(H2,18,20)(H,19,21). The predicted molar refractivity (Wildman–Crippen MR) is 78.4 cm³/mol. The normalized spacial score (nSPS) is 10.2. The van der Waals surface area contributed by atoms with Crippen molar-refractivity contribution >= 4 is 17.5 Å². The van der Waals surface area contributed by atoms with Gasteiger partial charge in [0.15, 0.2) is 0 Å². The molecule has 0 radical (unpaired) electrons. The third-order valence-corrected chi connectivity index (χ3v) is 3.06. The lowest BCUT2D eigenvalue weighted by Gasteiger charge is -2.10. The second-order valence-corrected chi connectivity index (χ2v) is 4.72. The molecule has 0 heterocycles. The van der Waals surface area contributed by atoms with Gasteiger partial charge in [0.05, 0.1) is 6.42 Å². The molecule has 0 aromatic heterocycles. The molecule has 2 rings (SSSR count). The Hall–Kier alpha value is -2.69. The third kappa shape index (κ3) is 3.66. The van der Waals surface area contributed by atoms with E-state index in [-0.39, 0.29) is 12.0 Å². The van der Waals surface area contributed by atoms with E-state index in [2.05, 4.69) is 5.32 Å². The molecule has 0 aliphatic carbocycles. The van der Waals surface area contributed by atoms with E-state index in [0.29, 0.717) is 16.8 Å². The molecule has 0 unspecified atom stereocenters. The van der Waals surface area contributed by atoms with E-state index in [1.165, 1.54) is 6.07 Å². The first-order chi connectivity index (χ1) is 9.97. The molecule has 3 N–H and O–H groups in total. The molecule has 0 aliphatic heterocycles. The Balaban J connectivity index is 2.23. The molecule has 5 heteroatoms. The van der Waals surface area contributed by atoms with E-state index < -0.39 is 17.6 Å². The first kappa shape index (κ1) is 14.7. The molecule has 0 atom stereocenters. The summed E-state index contributed by atoms with van der Waals surface area (Å²) in [6.07, 6.45) is 0.0265. The molecule has 21 heavy (non-hydrogen) atoms. The number of carbonyl (C=O) groups is 2. The fraction of sp³-hybridized carbons (Fsp3) is 0.125. The molecule has 2 aromatic rings. The van der Waals surface area contributed by atoms with Gasteiger partial charge in [-0.3, -0.25) is 9.59 Å². The van der Waals surface area contributed by atoms with Crippen molar-refractivity contribution in [2.24, 2.45) is 5.73 Å². The Morgan fingerprint density at radius 2 is 1.90 bits per heavy atom. The molecule has 0 fully saturated rings. The van der Waals surface area contributed by atoms with Crippen LogP contribution in [0.25, 0.3) is 0 Å². The van der Waals surface area contributed by atoms with E-state index in [9.17, 15) is 14.0 Å². The van der Waals surface area contributed by atoms with Gasteiger partial charge in [0, 0.05) is 11.3 Å². The lowest BCUT2D eigenvalue weighted by Crippen LogP contribution is -2.17. The Bertz CT molecular complexity index is 698. The quantitative estimate of drug-likeness (QED) is 0.906. The van der Waals surface area contributed by atoms with Crippen LogP contribution in [-0.4, -0.2) is 11.8 Å². The molecule has 0 aliphatic rings. The van der Waals surface area contributed by atoms with Crippen LogP contribution in [0.2, 0.25) is 0 Å². The van der Waals surface area contributed by atoms with E-state index in [4.69, 9.17) is 5.73 Å². The molecular formula is C16H15FN2O2. The van der Waals surface area contributed by atoms with Crippen LogP contribution in [0.3, 0.4) is 0 Å². The molecule has 2 aromatic carbocycles. The number of hydrogen-bond acceptors (Lipinski definition) is 2. The number of nitrogens with one attached hydrogen (secondary N) is 1. The van der Waals surface area contributed by atoms with Crippen LogP contribution < -0.4 is 11.1 Å². The monoisotopic (exact) mass is 286 g/mol. The molecule has 4 nitrogen and oxygen atoms in total. The minimum Gasteiger partial charge on any atom is -0.369 e. The second kappa shape index (κ2) is 6.17. The Labute approximate surface area is 121 Å². The maximum absolute atomic E-state index is 13.5. The van der Waals surface area contributed by atoms with Gasteiger partial charge < -0.3 is 11.1 Å². The lowest BCUT2D eigenvalue weighted by molar-refractivity contribution is -0.117. The summed E-state index contributed by atoms with van der Waals surface area (Å²) in [4.78, 5) is 23.1. The van der Waals surface area contributed by atoms with E-state index in [0.717, 1.165) is 0 Å². The maximum Gasteiger partial charge on any atom is 0.255 e. The van der Waals surface area contributed by atoms with Crippen LogP contribution in [0.15, 0.2) is 42.5 Å². The highest BCUT2D eigenvalue weighted by molar-refractivity contribution is 6.05. The number of para-hydroxylation sites is 1. The predicted octanol–water partition coefficient (Wildman–Crippen LogP) is 2.41. The van der Waals surface area contributed by atoms with Crippen molar-refractivity contribution in [3.05, 3.63) is 65.0 Å². The fourth-order valence-corrected chi connectivity index (χ4v) is 1.91. The second-order valence-electron chi connectivity index (χ2n) is 4.72. The van der Waals surface area contributed by atoms with Crippen molar-refractivity contribution in [2.75, 3.05) is 5.32 Å². The summed E-state index contributed by atoms with van der Waals surface area (Å²) in [5, 5.41) is 2.67. The Morgan fingerprint density at radius 1 is 1.19 bits per heavy atom. The van der Waals surface area contributed by atoms with Crippen LogP contribution in [-0.2, 0) is 11.2 Å². The highest BCUT2D eigenvalue weighted by atomic mass is 19.1. The molecule has 0 saturated carbocycles. The molecule has 108 valence electrons. The smallest absolute Gasteiger partial charge is 0.255 e. The zero-order valence-corrected chi connectivity index (χ0v) is 11.5. The highest BCUT2D eigenvalue weighted by Gasteiger charge is 2.11. The summed E-state index contributed by atoms with van der Waals surface area (Å²) in [5.74, 6) is -1.36. The van der Waals surface area contributed by atoms with Crippen LogP contribution in [0.4, 0.5) is 10.1 Å². The minimum absolute atomic E-state index is 0.0265. The van der Waals surface area contributed by atoms with Gasteiger partial charge in [0.25, 0.3) is 5.91 Å². The van der Waals surface area contributed by atoms with Crippen molar-refractivity contribution in [1.29, 1.82) is 0 Å². The van der Waals surface area contributed by atoms with Gasteiger partial charge in [0.1, 0.15) is 5.82 Å². The Kier molecular flexibility index (Phi) is 4.33. The van der Waals surface area contributed by atoms with Crippen molar-refractivity contribution in [3.63, 3.8) is 0 Å². The molecule has 2 amide bonds. The number of primary amides is 1. The van der Waals surface area contributed by atoms with Gasteiger partial charge in [-0.05, 0) is 36.2 Å². The number of amides is 2. The van der Waals surface area contributed by atoms with Crippen molar-refractivity contribution in [2.45, 2.75) is 13.3 Å². The van der Waals surface area contributed by atoms with Crippen LogP contribution >= 0.6 is 0 Å². The van der Waals surface area contributed by atoms with Crippen LogP contribution in [0.5, 0.6) is 0 Å². The first-order valence-corrected chi connectivity index (χ1v) is 6.41. The highest BCUT2D eigenvalue weighted by Crippen LogP contribution is 2.17. The summed E-state index contributed by atoms with van der Waals surface area (Å²) in [5.41, 5.74) is 6.96. The molecule has 0 saturated heterocycles. The Morgan fingerprint density at radius 3 is 2.57 bits per heavy atom. The largest absolute Gasteiger partial charge is 0.369 e. The topological polar surface area (TPSA) is 72.2 Å². The van der Waals surface area contributed by atoms with Gasteiger partial charge >= 0.3 is 0 Å². The average molecular weight is 286 g/mol. The van der Waals surface area contributed by atoms with Gasteiger partial charge in [-0.2, -0.15) is 0 Å². The van der Waals surface area contributed by atoms with E-state index >= 15 is 0 Å². The molecular weight excluding hydrogens is 271 g/mol. The zero-order valence-electron chi connectivity index (χ0n) is 11.5. The number of halogens is 1. The fourth-order valence-electron chi connectivity index (χ4n) is 1.91. The van der Waals surface area contributed by atoms with Gasteiger partial charge in [-0.1, -0.05) is 24.3 Å². The molecule has 0 bridgehead atoms. The summed E-state index contributed by atoms with van der Waals surface area (Å²) >= 11 is 0. The van der Waals surface area contributed by atoms with Crippen LogP contribution in [0, 0.1) is 12.7 Å². The summed E-state index contributed by atoms with van der Waals surface area (Å²) in [7, 11) is 0. The summed E-state index contributed by atoms with van der Waals surface area (Å²) < 4.78 is 13.5. The van der Waals surface area contributed by atoms with Crippen molar-refractivity contribution in [3.8, 4) is 0 Å². The lowest BCUT2D eigenvalue weighted by atomic mass is 10.1. The van der Waals surface area contributed by atoms with E-state index in [1.807, 2.05) is 0 Å². The van der Waals surface area contributed by atoms with E-state index in [1.54, 1.807) is 43.3 Å². The zero-order chi connectivity index (χ0) is 15.4. The molecule has 0 spiro atoms. The van der Waals surface area contributed by atoms with Crippen LogP contribution in [0.1, 0.15) is 21.5 Å². The number of anilines is 1. The number of nitrogens with two attached hydrogens (primary N) is 1. The number of benzene rings is 2. The minimum atomic E-state index is -0.488. The number of rotatable bonds is 4. The number of carbonyl (C=O) groups excluding carboxylic acids is 2. The first-order valence-electron chi connectivity index (χ1n) is 6.41. The number of aryl methyl sites for hydroxylation is 1. The summed E-state index contributed by atoms with van der Waals surface area (Å²) in [6, 6.07) is 11.1. The van der Waals surface area contributed by atoms with Crippen molar-refractivity contribution in [1.82, 2.24) is 0 Å². The van der Waals surface area contributed by atoms with Gasteiger partial charge in [0.2, 0.25) is 5.91 Å². The number of hydrogen-bond donors (Lipinski definition) is 2.